The summed E-state index contributed by atoms with van der Waals surface area (Å²) >= 11 is 0. The maximum atomic E-state index is 13.9. The van der Waals surface area contributed by atoms with Crippen molar-refractivity contribution in [2.24, 2.45) is 0 Å². The topological polar surface area (TPSA) is 46.9 Å². The fourth-order valence-corrected chi connectivity index (χ4v) is 2.13. The molecule has 4 nitrogen and oxygen atoms in total. The Morgan fingerprint density at radius 3 is 2.75 bits per heavy atom. The highest BCUT2D eigenvalue weighted by Crippen LogP contribution is 2.17. The summed E-state index contributed by atoms with van der Waals surface area (Å²) in [6.45, 7) is 4.75. The number of aryl methyl sites for hydroxylation is 1. The molecule has 0 radical (unpaired) electrons. The number of hydrogen-bond acceptors (Lipinski definition) is 3. The van der Waals surface area contributed by atoms with Gasteiger partial charge in [-0.3, -0.25) is 4.79 Å². The monoisotopic (exact) mass is 275 g/mol. The van der Waals surface area contributed by atoms with Crippen LogP contribution < -0.4 is 10.9 Å². The van der Waals surface area contributed by atoms with Gasteiger partial charge < -0.3 is 5.32 Å². The Morgan fingerprint density at radius 1 is 1.30 bits per heavy atom. The number of benzene rings is 1. The van der Waals surface area contributed by atoms with E-state index in [0.717, 1.165) is 5.69 Å². The van der Waals surface area contributed by atoms with E-state index in [1.807, 2.05) is 13.8 Å². The molecule has 0 aliphatic rings. The van der Waals surface area contributed by atoms with E-state index in [-0.39, 0.29) is 17.4 Å². The highest BCUT2D eigenvalue weighted by atomic mass is 19.1. The maximum absolute atomic E-state index is 13.9. The second-order valence-corrected chi connectivity index (χ2v) is 4.63. The molecule has 1 unspecified atom stereocenters. The quantitative estimate of drug-likeness (QED) is 0.908. The van der Waals surface area contributed by atoms with Crippen molar-refractivity contribution < 1.29 is 4.39 Å². The number of likely N-dealkylation sites (N-methyl/N-ethyl adjacent to an activating group) is 1. The Bertz CT molecular complexity index is 639. The minimum Gasteiger partial charge on any atom is -0.309 e. The fourth-order valence-electron chi connectivity index (χ4n) is 2.13. The van der Waals surface area contributed by atoms with Gasteiger partial charge in [0.15, 0.2) is 0 Å². The molecule has 2 aromatic rings. The second kappa shape index (κ2) is 6.43. The zero-order valence-electron chi connectivity index (χ0n) is 11.6. The van der Waals surface area contributed by atoms with Gasteiger partial charge >= 0.3 is 0 Å². The van der Waals surface area contributed by atoms with Gasteiger partial charge in [-0.25, -0.2) is 9.07 Å². The van der Waals surface area contributed by atoms with E-state index in [4.69, 9.17) is 0 Å². The lowest BCUT2D eigenvalue weighted by molar-refractivity contribution is 0.418. The van der Waals surface area contributed by atoms with Crippen molar-refractivity contribution in [3.05, 3.63) is 63.8 Å². The van der Waals surface area contributed by atoms with E-state index in [1.165, 1.54) is 16.8 Å². The van der Waals surface area contributed by atoms with Crippen LogP contribution in [-0.2, 0) is 6.54 Å². The molecule has 0 aliphatic carbocycles. The van der Waals surface area contributed by atoms with Crippen molar-refractivity contribution in [1.29, 1.82) is 0 Å². The molecule has 106 valence electrons. The highest BCUT2D eigenvalue weighted by molar-refractivity contribution is 5.21. The van der Waals surface area contributed by atoms with Crippen LogP contribution in [0, 0.1) is 12.7 Å². The molecular formula is C15H18FN3O. The first kappa shape index (κ1) is 14.4. The third-order valence-corrected chi connectivity index (χ3v) is 3.09. The van der Waals surface area contributed by atoms with Gasteiger partial charge in [-0.1, -0.05) is 25.1 Å². The van der Waals surface area contributed by atoms with E-state index in [1.54, 1.807) is 24.3 Å². The number of nitrogens with zero attached hydrogens (tertiary/aromatic N) is 2. The molecule has 0 fully saturated rings. The van der Waals surface area contributed by atoms with E-state index in [2.05, 4.69) is 10.4 Å². The molecule has 0 saturated heterocycles. The standard InChI is InChI=1S/C15H18FN3O/c1-3-17-14(12-6-4-5-7-13(12)16)10-19-15(20)9-8-11(2)18-19/h4-9,14,17H,3,10H2,1-2H3. The molecule has 0 saturated carbocycles. The summed E-state index contributed by atoms with van der Waals surface area (Å²) in [5.41, 5.74) is 1.12. The summed E-state index contributed by atoms with van der Waals surface area (Å²) in [4.78, 5) is 11.8. The molecule has 0 bridgehead atoms. The van der Waals surface area contributed by atoms with Gasteiger partial charge in [-0.2, -0.15) is 5.10 Å². The summed E-state index contributed by atoms with van der Waals surface area (Å²) in [7, 11) is 0. The number of aromatic nitrogens is 2. The van der Waals surface area contributed by atoms with Gasteiger partial charge in [0, 0.05) is 11.6 Å². The van der Waals surface area contributed by atoms with E-state index in [9.17, 15) is 9.18 Å². The zero-order valence-corrected chi connectivity index (χ0v) is 11.6. The molecule has 0 spiro atoms. The van der Waals surface area contributed by atoms with E-state index < -0.39 is 0 Å². The Labute approximate surface area is 117 Å². The van der Waals surface area contributed by atoms with Gasteiger partial charge in [0.2, 0.25) is 0 Å². The number of nitrogens with one attached hydrogen (secondary N) is 1. The average Bonchev–Trinajstić information content (AvgIpc) is 2.43. The third kappa shape index (κ3) is 3.30. The van der Waals surface area contributed by atoms with E-state index >= 15 is 0 Å². The minimum atomic E-state index is -0.284. The van der Waals surface area contributed by atoms with Gasteiger partial charge in [0.1, 0.15) is 5.82 Å². The minimum absolute atomic E-state index is 0.185. The average molecular weight is 275 g/mol. The van der Waals surface area contributed by atoms with Gasteiger partial charge in [0.25, 0.3) is 5.56 Å². The summed E-state index contributed by atoms with van der Waals surface area (Å²) in [6.07, 6.45) is 0. The van der Waals surface area contributed by atoms with Crippen LogP contribution in [0.4, 0.5) is 4.39 Å². The summed E-state index contributed by atoms with van der Waals surface area (Å²) in [5, 5.41) is 7.39. The van der Waals surface area contributed by atoms with Crippen LogP contribution >= 0.6 is 0 Å². The maximum Gasteiger partial charge on any atom is 0.266 e. The molecule has 1 heterocycles. The number of halogens is 1. The molecule has 1 aromatic carbocycles. The normalized spacial score (nSPS) is 12.3. The Morgan fingerprint density at radius 2 is 2.05 bits per heavy atom. The largest absolute Gasteiger partial charge is 0.309 e. The molecule has 0 amide bonds. The van der Waals surface area contributed by atoms with Gasteiger partial charge in [0.05, 0.1) is 18.3 Å². The van der Waals surface area contributed by atoms with Gasteiger partial charge in [-0.15, -0.1) is 0 Å². The molecule has 20 heavy (non-hydrogen) atoms. The van der Waals surface area contributed by atoms with Crippen LogP contribution in [-0.4, -0.2) is 16.3 Å². The number of hydrogen-bond donors (Lipinski definition) is 1. The van der Waals surface area contributed by atoms with Crippen molar-refractivity contribution in [3.8, 4) is 0 Å². The smallest absolute Gasteiger partial charge is 0.266 e. The summed E-state index contributed by atoms with van der Waals surface area (Å²) < 4.78 is 15.3. The first-order valence-corrected chi connectivity index (χ1v) is 6.64. The first-order chi connectivity index (χ1) is 9.61. The first-order valence-electron chi connectivity index (χ1n) is 6.64. The molecule has 0 aliphatic heterocycles. The summed E-state index contributed by atoms with van der Waals surface area (Å²) in [6, 6.07) is 9.45. The van der Waals surface area contributed by atoms with Crippen molar-refractivity contribution in [2.75, 3.05) is 6.54 Å². The van der Waals surface area contributed by atoms with Crippen LogP contribution in [0.1, 0.15) is 24.2 Å². The molecule has 1 atom stereocenters. The fraction of sp³-hybridized carbons (Fsp3) is 0.333. The van der Waals surface area contributed by atoms with Crippen LogP contribution in [0.15, 0.2) is 41.2 Å². The van der Waals surface area contributed by atoms with Crippen molar-refractivity contribution >= 4 is 0 Å². The van der Waals surface area contributed by atoms with Crippen molar-refractivity contribution in [1.82, 2.24) is 15.1 Å². The lowest BCUT2D eigenvalue weighted by atomic mass is 10.1. The van der Waals surface area contributed by atoms with Crippen LogP contribution in [0.2, 0.25) is 0 Å². The Balaban J connectivity index is 2.33. The SMILES string of the molecule is CCNC(Cn1nc(C)ccc1=O)c1ccccc1F. The molecule has 5 heteroatoms. The van der Waals surface area contributed by atoms with E-state index in [0.29, 0.717) is 18.7 Å². The lowest BCUT2D eigenvalue weighted by Gasteiger charge is -2.19. The summed E-state index contributed by atoms with van der Waals surface area (Å²) in [5.74, 6) is -0.279. The molecular weight excluding hydrogens is 257 g/mol. The highest BCUT2D eigenvalue weighted by Gasteiger charge is 2.16. The second-order valence-electron chi connectivity index (χ2n) is 4.63. The van der Waals surface area contributed by atoms with Gasteiger partial charge in [-0.05, 0) is 25.6 Å². The molecule has 2 rings (SSSR count). The Hall–Kier alpha value is -2.01. The Kier molecular flexibility index (Phi) is 4.63. The number of rotatable bonds is 5. The van der Waals surface area contributed by atoms with Crippen molar-refractivity contribution in [2.45, 2.75) is 26.4 Å². The lowest BCUT2D eigenvalue weighted by Crippen LogP contribution is -2.32. The third-order valence-electron chi connectivity index (χ3n) is 3.09. The van der Waals surface area contributed by atoms with Crippen molar-refractivity contribution in [3.63, 3.8) is 0 Å². The van der Waals surface area contributed by atoms with Crippen LogP contribution in [0.5, 0.6) is 0 Å². The molecule has 1 N–H and O–H groups in total. The van der Waals surface area contributed by atoms with Crippen LogP contribution in [0.25, 0.3) is 0 Å². The zero-order chi connectivity index (χ0) is 14.5. The molecule has 1 aromatic heterocycles. The predicted octanol–water partition coefficient (Wildman–Crippen LogP) is 2.04. The van der Waals surface area contributed by atoms with Crippen LogP contribution in [0.3, 0.4) is 0 Å². The predicted molar refractivity (Wildman–Crippen MR) is 76.1 cm³/mol.